The van der Waals surface area contributed by atoms with Crippen molar-refractivity contribution in [3.05, 3.63) is 0 Å². The van der Waals surface area contributed by atoms with Crippen LogP contribution in [0.2, 0.25) is 0 Å². The van der Waals surface area contributed by atoms with E-state index >= 15 is 0 Å². The van der Waals surface area contributed by atoms with Crippen molar-refractivity contribution < 1.29 is 19.4 Å². The molecule has 1 rings (SSSR count). The monoisotopic (exact) mass is 328 g/mol. The summed E-state index contributed by atoms with van der Waals surface area (Å²) in [4.78, 5) is 22.6. The van der Waals surface area contributed by atoms with Crippen LogP contribution in [0.5, 0.6) is 0 Å². The minimum atomic E-state index is -0.861. The van der Waals surface area contributed by atoms with Crippen LogP contribution in [0.4, 0.5) is 4.79 Å². The van der Waals surface area contributed by atoms with Gasteiger partial charge in [0.25, 0.3) is 0 Å². The Bertz CT molecular complexity index is 439. The van der Waals surface area contributed by atoms with Crippen molar-refractivity contribution in [2.45, 2.75) is 70.7 Å². The van der Waals surface area contributed by atoms with Gasteiger partial charge in [0.05, 0.1) is 0 Å². The lowest BCUT2D eigenvalue weighted by Crippen LogP contribution is -2.38. The average molecular weight is 328 g/mol. The Hall–Kier alpha value is -1.70. The van der Waals surface area contributed by atoms with E-state index in [0.29, 0.717) is 38.8 Å². The number of unbranched alkanes of at least 4 members (excludes halogenated alkanes) is 1. The van der Waals surface area contributed by atoms with Crippen LogP contribution in [0.25, 0.3) is 0 Å². The van der Waals surface area contributed by atoms with Crippen molar-refractivity contribution in [1.29, 1.82) is 0 Å². The zero-order valence-electron chi connectivity index (χ0n) is 14.4. The minimum absolute atomic E-state index is 0.312. The summed E-state index contributed by atoms with van der Waals surface area (Å²) in [7, 11) is 0. The Morgan fingerprint density at radius 2 is 1.87 bits per heavy atom. The number of hydrogen-bond donors (Lipinski definition) is 3. The second kappa shape index (κ2) is 8.24. The third kappa shape index (κ3) is 9.12. The number of amides is 1. The molecular formula is C15H28N4O4. The Kier molecular flexibility index (Phi) is 6.93. The molecule has 0 aliphatic carbocycles. The molecule has 0 bridgehead atoms. The fourth-order valence-corrected chi connectivity index (χ4v) is 1.96. The molecule has 0 aromatic heterocycles. The van der Waals surface area contributed by atoms with Gasteiger partial charge in [-0.1, -0.05) is 0 Å². The number of carbonyl (C=O) groups is 2. The van der Waals surface area contributed by atoms with Gasteiger partial charge >= 0.3 is 12.1 Å². The van der Waals surface area contributed by atoms with E-state index in [0.717, 1.165) is 0 Å². The summed E-state index contributed by atoms with van der Waals surface area (Å²) >= 11 is 0. The lowest BCUT2D eigenvalue weighted by atomic mass is 10.1. The maximum atomic E-state index is 11.4. The SMILES string of the molecule is CC1(CCN[C@@H](CCCCNC(=O)OC(C)(C)C)C(=O)O)N=N1. The third-order valence-electron chi connectivity index (χ3n) is 3.32. The number of alkyl carbamates (subject to hydrolysis) is 1. The number of hydrogen-bond acceptors (Lipinski definition) is 6. The molecule has 0 saturated carbocycles. The molecule has 8 heteroatoms. The average Bonchev–Trinajstić information content (AvgIpc) is 3.12. The molecule has 1 amide bonds. The maximum absolute atomic E-state index is 11.4. The van der Waals surface area contributed by atoms with Gasteiger partial charge in [-0.15, -0.1) is 0 Å². The second-order valence-corrected chi connectivity index (χ2v) is 6.94. The number of aliphatic carboxylic acids is 1. The summed E-state index contributed by atoms with van der Waals surface area (Å²) in [5, 5.41) is 22.6. The molecule has 0 saturated heterocycles. The summed E-state index contributed by atoms with van der Waals surface area (Å²) < 4.78 is 5.12. The van der Waals surface area contributed by atoms with Gasteiger partial charge in [-0.3, -0.25) is 4.79 Å². The number of carbonyl (C=O) groups excluding carboxylic acids is 1. The number of rotatable bonds is 10. The molecule has 1 aliphatic heterocycles. The molecule has 1 atom stereocenters. The zero-order valence-corrected chi connectivity index (χ0v) is 14.4. The summed E-state index contributed by atoms with van der Waals surface area (Å²) in [6.07, 6.45) is 2.17. The first kappa shape index (κ1) is 19.3. The first-order valence-electron chi connectivity index (χ1n) is 7.98. The molecule has 0 spiro atoms. The Balaban J connectivity index is 2.10. The van der Waals surface area contributed by atoms with Crippen LogP contribution in [-0.2, 0) is 9.53 Å². The van der Waals surface area contributed by atoms with Crippen molar-refractivity contribution in [2.75, 3.05) is 13.1 Å². The predicted molar refractivity (Wildman–Crippen MR) is 85.4 cm³/mol. The van der Waals surface area contributed by atoms with Crippen molar-refractivity contribution in [1.82, 2.24) is 10.6 Å². The fourth-order valence-electron chi connectivity index (χ4n) is 1.96. The molecular weight excluding hydrogens is 300 g/mol. The van der Waals surface area contributed by atoms with Crippen molar-refractivity contribution >= 4 is 12.1 Å². The largest absolute Gasteiger partial charge is 0.480 e. The van der Waals surface area contributed by atoms with Gasteiger partial charge in [-0.05, 0) is 47.0 Å². The highest BCUT2D eigenvalue weighted by Crippen LogP contribution is 2.29. The number of nitrogens with zero attached hydrogens (tertiary/aromatic N) is 2. The van der Waals surface area contributed by atoms with Crippen LogP contribution in [0.15, 0.2) is 10.2 Å². The lowest BCUT2D eigenvalue weighted by Gasteiger charge is -2.19. The Morgan fingerprint density at radius 1 is 1.22 bits per heavy atom. The van der Waals surface area contributed by atoms with E-state index in [-0.39, 0.29) is 5.66 Å². The van der Waals surface area contributed by atoms with Gasteiger partial charge in [0.1, 0.15) is 11.6 Å². The standard InChI is InChI=1S/C15H28N4O4/c1-14(2,3)23-13(22)17-9-6-5-7-11(12(20)21)16-10-8-15(4)18-19-15/h11,16H,5-10H2,1-4H3,(H,17,22)(H,20,21)/t11-/m0/s1. The molecule has 0 aromatic rings. The van der Waals surface area contributed by atoms with Crippen molar-refractivity contribution in [3.8, 4) is 0 Å². The van der Waals surface area contributed by atoms with Crippen LogP contribution >= 0.6 is 0 Å². The smallest absolute Gasteiger partial charge is 0.407 e. The highest BCUT2D eigenvalue weighted by molar-refractivity contribution is 5.73. The Morgan fingerprint density at radius 3 is 2.39 bits per heavy atom. The van der Waals surface area contributed by atoms with Crippen molar-refractivity contribution in [3.63, 3.8) is 0 Å². The van der Waals surface area contributed by atoms with Gasteiger partial charge in [-0.2, -0.15) is 10.2 Å². The first-order valence-corrected chi connectivity index (χ1v) is 7.98. The quantitative estimate of drug-likeness (QED) is 0.533. The number of carboxylic acids is 1. The number of nitrogens with one attached hydrogen (secondary N) is 2. The van der Waals surface area contributed by atoms with E-state index in [1.54, 1.807) is 20.8 Å². The Labute approximate surface area is 137 Å². The van der Waals surface area contributed by atoms with E-state index in [1.165, 1.54) is 0 Å². The topological polar surface area (TPSA) is 112 Å². The molecule has 0 radical (unpaired) electrons. The van der Waals surface area contributed by atoms with Gasteiger partial charge < -0.3 is 20.5 Å². The molecule has 132 valence electrons. The van der Waals surface area contributed by atoms with E-state index in [1.807, 2.05) is 6.92 Å². The maximum Gasteiger partial charge on any atom is 0.407 e. The molecule has 0 fully saturated rings. The van der Waals surface area contributed by atoms with E-state index in [4.69, 9.17) is 4.74 Å². The van der Waals surface area contributed by atoms with Crippen LogP contribution < -0.4 is 10.6 Å². The molecule has 23 heavy (non-hydrogen) atoms. The highest BCUT2D eigenvalue weighted by atomic mass is 16.6. The zero-order chi connectivity index (χ0) is 17.5. The van der Waals surface area contributed by atoms with Crippen LogP contribution in [0.3, 0.4) is 0 Å². The minimum Gasteiger partial charge on any atom is -0.480 e. The molecule has 1 heterocycles. The van der Waals surface area contributed by atoms with E-state index < -0.39 is 23.7 Å². The van der Waals surface area contributed by atoms with Gasteiger partial charge in [0.15, 0.2) is 5.66 Å². The normalized spacial score (nSPS) is 16.7. The molecule has 0 unspecified atom stereocenters. The first-order chi connectivity index (χ1) is 10.6. The number of ether oxygens (including phenoxy) is 1. The van der Waals surface area contributed by atoms with Gasteiger partial charge in [-0.25, -0.2) is 4.79 Å². The highest BCUT2D eigenvalue weighted by Gasteiger charge is 2.33. The molecule has 3 N–H and O–H groups in total. The van der Waals surface area contributed by atoms with Gasteiger partial charge in [0, 0.05) is 19.5 Å². The molecule has 0 aromatic carbocycles. The van der Waals surface area contributed by atoms with Crippen LogP contribution in [0.1, 0.15) is 53.4 Å². The number of carboxylic acid groups (broad SMARTS) is 1. The van der Waals surface area contributed by atoms with E-state index in [9.17, 15) is 14.7 Å². The molecule has 8 nitrogen and oxygen atoms in total. The summed E-state index contributed by atoms with van der Waals surface area (Å²) in [6, 6.07) is -0.584. The third-order valence-corrected chi connectivity index (χ3v) is 3.32. The summed E-state index contributed by atoms with van der Waals surface area (Å²) in [5.74, 6) is -0.861. The van der Waals surface area contributed by atoms with E-state index in [2.05, 4.69) is 20.9 Å². The predicted octanol–water partition coefficient (Wildman–Crippen LogP) is 2.30. The van der Waals surface area contributed by atoms with Crippen LogP contribution in [0, 0.1) is 0 Å². The van der Waals surface area contributed by atoms with Crippen molar-refractivity contribution in [2.24, 2.45) is 10.2 Å². The fraction of sp³-hybridized carbons (Fsp3) is 0.867. The molecule has 1 aliphatic rings. The van der Waals surface area contributed by atoms with Crippen LogP contribution in [-0.4, -0.2) is 47.6 Å². The summed E-state index contributed by atoms with van der Waals surface area (Å²) in [5.41, 5.74) is -0.827. The lowest BCUT2D eigenvalue weighted by molar-refractivity contribution is -0.139. The summed E-state index contributed by atoms with van der Waals surface area (Å²) in [6.45, 7) is 8.36. The second-order valence-electron chi connectivity index (χ2n) is 6.94. The van der Waals surface area contributed by atoms with Gasteiger partial charge in [0.2, 0.25) is 0 Å².